The fourth-order valence-corrected chi connectivity index (χ4v) is 1.94. The predicted octanol–water partition coefficient (Wildman–Crippen LogP) is 3.63. The number of nitrogens with zero attached hydrogens (tertiary/aromatic N) is 1. The average Bonchev–Trinajstić information content (AvgIpc) is 2.53. The SMILES string of the molecule is N#Cc1ccccc1NC(=O)CNc1ccccc1C(F)(F)F. The van der Waals surface area contributed by atoms with Gasteiger partial charge in [-0.15, -0.1) is 0 Å². The smallest absolute Gasteiger partial charge is 0.376 e. The number of amides is 1. The second-order valence-electron chi connectivity index (χ2n) is 4.60. The molecule has 0 bridgehead atoms. The normalized spacial score (nSPS) is 10.7. The van der Waals surface area contributed by atoms with Crippen molar-refractivity contribution in [2.45, 2.75) is 6.18 Å². The van der Waals surface area contributed by atoms with E-state index in [0.717, 1.165) is 6.07 Å². The molecule has 0 unspecified atom stereocenters. The Morgan fingerprint density at radius 1 is 1.04 bits per heavy atom. The second-order valence-corrected chi connectivity index (χ2v) is 4.60. The highest BCUT2D eigenvalue weighted by atomic mass is 19.4. The van der Waals surface area contributed by atoms with E-state index in [1.54, 1.807) is 18.2 Å². The zero-order valence-electron chi connectivity index (χ0n) is 11.8. The molecule has 7 heteroatoms. The van der Waals surface area contributed by atoms with Gasteiger partial charge in [-0.25, -0.2) is 0 Å². The molecule has 0 radical (unpaired) electrons. The molecule has 2 N–H and O–H groups in total. The van der Waals surface area contributed by atoms with Gasteiger partial charge < -0.3 is 10.6 Å². The van der Waals surface area contributed by atoms with Crippen LogP contribution in [0.25, 0.3) is 0 Å². The fraction of sp³-hybridized carbons (Fsp3) is 0.125. The molecule has 0 aromatic heterocycles. The molecule has 4 nitrogen and oxygen atoms in total. The van der Waals surface area contributed by atoms with Gasteiger partial charge in [0.1, 0.15) is 6.07 Å². The third-order valence-corrected chi connectivity index (χ3v) is 2.99. The number of anilines is 2. The number of halogens is 3. The molecular formula is C16H12F3N3O. The Balaban J connectivity index is 2.05. The summed E-state index contributed by atoms with van der Waals surface area (Å²) in [6.45, 7) is -0.354. The van der Waals surface area contributed by atoms with Gasteiger partial charge in [-0.05, 0) is 24.3 Å². The van der Waals surface area contributed by atoms with Crippen LogP contribution in [-0.4, -0.2) is 12.5 Å². The first-order chi connectivity index (χ1) is 10.9. The molecule has 0 aliphatic heterocycles. The van der Waals surface area contributed by atoms with Crippen LogP contribution in [0.5, 0.6) is 0 Å². The van der Waals surface area contributed by atoms with Crippen LogP contribution in [0.2, 0.25) is 0 Å². The van der Waals surface area contributed by atoms with Gasteiger partial charge in [-0.3, -0.25) is 4.79 Å². The van der Waals surface area contributed by atoms with E-state index in [9.17, 15) is 18.0 Å². The molecule has 2 aromatic rings. The number of carbonyl (C=O) groups excluding carboxylic acids is 1. The van der Waals surface area contributed by atoms with Crippen molar-refractivity contribution >= 4 is 17.3 Å². The quantitative estimate of drug-likeness (QED) is 0.904. The number of rotatable bonds is 4. The fourth-order valence-electron chi connectivity index (χ4n) is 1.94. The summed E-state index contributed by atoms with van der Waals surface area (Å²) in [5.41, 5.74) is -0.434. The Morgan fingerprint density at radius 3 is 2.30 bits per heavy atom. The van der Waals surface area contributed by atoms with Crippen molar-refractivity contribution in [3.63, 3.8) is 0 Å². The summed E-state index contributed by atoms with van der Waals surface area (Å²) in [6.07, 6.45) is -4.51. The van der Waals surface area contributed by atoms with Crippen LogP contribution < -0.4 is 10.6 Å². The van der Waals surface area contributed by atoms with Crippen molar-refractivity contribution in [1.29, 1.82) is 5.26 Å². The Labute approximate surface area is 130 Å². The molecule has 2 aromatic carbocycles. The van der Waals surface area contributed by atoms with Crippen LogP contribution in [0, 0.1) is 11.3 Å². The summed E-state index contributed by atoms with van der Waals surface area (Å²) in [4.78, 5) is 11.9. The van der Waals surface area contributed by atoms with Crippen molar-refractivity contribution in [1.82, 2.24) is 0 Å². The van der Waals surface area contributed by atoms with Gasteiger partial charge in [0.05, 0.1) is 23.4 Å². The zero-order chi connectivity index (χ0) is 16.9. The minimum absolute atomic E-state index is 0.177. The molecule has 0 fully saturated rings. The molecule has 2 rings (SSSR count). The van der Waals surface area contributed by atoms with E-state index in [-0.39, 0.29) is 17.8 Å². The highest BCUT2D eigenvalue weighted by molar-refractivity contribution is 5.95. The number of nitriles is 1. The maximum atomic E-state index is 12.8. The molecule has 23 heavy (non-hydrogen) atoms. The maximum absolute atomic E-state index is 12.8. The maximum Gasteiger partial charge on any atom is 0.418 e. The zero-order valence-corrected chi connectivity index (χ0v) is 11.8. The highest BCUT2D eigenvalue weighted by Crippen LogP contribution is 2.34. The number of hydrogen-bond acceptors (Lipinski definition) is 3. The van der Waals surface area contributed by atoms with Crippen molar-refractivity contribution in [2.24, 2.45) is 0 Å². The summed E-state index contributed by atoms with van der Waals surface area (Å²) in [7, 11) is 0. The monoisotopic (exact) mass is 319 g/mol. The minimum Gasteiger partial charge on any atom is -0.376 e. The minimum atomic E-state index is -4.51. The Bertz CT molecular complexity index is 751. The average molecular weight is 319 g/mol. The predicted molar refractivity (Wildman–Crippen MR) is 79.7 cm³/mol. The number of para-hydroxylation sites is 2. The van der Waals surface area contributed by atoms with Gasteiger partial charge in [0, 0.05) is 5.69 Å². The van der Waals surface area contributed by atoms with E-state index in [2.05, 4.69) is 10.6 Å². The first-order valence-electron chi connectivity index (χ1n) is 6.61. The van der Waals surface area contributed by atoms with Gasteiger partial charge in [0.15, 0.2) is 0 Å². The highest BCUT2D eigenvalue weighted by Gasteiger charge is 2.33. The third kappa shape index (κ3) is 4.23. The standard InChI is InChI=1S/C16H12F3N3O/c17-16(18,19)12-6-2-4-8-14(12)21-10-15(23)22-13-7-3-1-5-11(13)9-20/h1-8,21H,10H2,(H,22,23). The molecule has 0 atom stereocenters. The first kappa shape index (κ1) is 16.4. The van der Waals surface area contributed by atoms with Crippen molar-refractivity contribution < 1.29 is 18.0 Å². The Hall–Kier alpha value is -3.01. The summed E-state index contributed by atoms with van der Waals surface area (Å²) in [6, 6.07) is 13.2. The van der Waals surface area contributed by atoms with Gasteiger partial charge in [-0.1, -0.05) is 24.3 Å². The van der Waals surface area contributed by atoms with Crippen molar-refractivity contribution in [3.8, 4) is 6.07 Å². The van der Waals surface area contributed by atoms with Crippen molar-refractivity contribution in [3.05, 3.63) is 59.7 Å². The van der Waals surface area contributed by atoms with Crippen LogP contribution in [0.4, 0.5) is 24.5 Å². The number of nitrogens with one attached hydrogen (secondary N) is 2. The molecule has 0 aliphatic rings. The van der Waals surface area contributed by atoms with Crippen LogP contribution in [0.1, 0.15) is 11.1 Å². The second kappa shape index (κ2) is 6.83. The van der Waals surface area contributed by atoms with E-state index < -0.39 is 17.6 Å². The molecule has 0 spiro atoms. The largest absolute Gasteiger partial charge is 0.418 e. The van der Waals surface area contributed by atoms with Gasteiger partial charge >= 0.3 is 6.18 Å². The molecule has 0 saturated carbocycles. The van der Waals surface area contributed by atoms with Crippen LogP contribution in [-0.2, 0) is 11.0 Å². The first-order valence-corrected chi connectivity index (χ1v) is 6.61. The topological polar surface area (TPSA) is 64.9 Å². The Morgan fingerprint density at radius 2 is 1.65 bits per heavy atom. The van der Waals surface area contributed by atoms with E-state index in [0.29, 0.717) is 5.69 Å². The van der Waals surface area contributed by atoms with Gasteiger partial charge in [0.2, 0.25) is 5.91 Å². The molecular weight excluding hydrogens is 307 g/mol. The van der Waals surface area contributed by atoms with Gasteiger partial charge in [0.25, 0.3) is 0 Å². The lowest BCUT2D eigenvalue weighted by molar-refractivity contribution is -0.137. The summed E-state index contributed by atoms with van der Waals surface area (Å²) in [5.74, 6) is -0.551. The summed E-state index contributed by atoms with van der Waals surface area (Å²) < 4.78 is 38.5. The van der Waals surface area contributed by atoms with Crippen molar-refractivity contribution in [2.75, 3.05) is 17.2 Å². The van der Waals surface area contributed by atoms with E-state index in [1.807, 2.05) is 6.07 Å². The number of alkyl halides is 3. The summed E-state index contributed by atoms with van der Waals surface area (Å²) >= 11 is 0. The lowest BCUT2D eigenvalue weighted by atomic mass is 10.1. The van der Waals surface area contributed by atoms with E-state index >= 15 is 0 Å². The Kier molecular flexibility index (Phi) is 4.86. The number of carbonyl (C=O) groups is 1. The molecule has 1 amide bonds. The molecule has 0 heterocycles. The van der Waals surface area contributed by atoms with E-state index in [4.69, 9.17) is 5.26 Å². The number of benzene rings is 2. The molecule has 0 saturated heterocycles. The van der Waals surface area contributed by atoms with Crippen LogP contribution >= 0.6 is 0 Å². The van der Waals surface area contributed by atoms with E-state index in [1.165, 1.54) is 24.3 Å². The van der Waals surface area contributed by atoms with Gasteiger partial charge in [-0.2, -0.15) is 18.4 Å². The lowest BCUT2D eigenvalue weighted by Gasteiger charge is -2.14. The molecule has 118 valence electrons. The van der Waals surface area contributed by atoms with Crippen LogP contribution in [0.3, 0.4) is 0 Å². The molecule has 0 aliphatic carbocycles. The van der Waals surface area contributed by atoms with Crippen LogP contribution in [0.15, 0.2) is 48.5 Å². The summed E-state index contributed by atoms with van der Waals surface area (Å²) in [5, 5.41) is 13.9. The number of hydrogen-bond donors (Lipinski definition) is 2. The lowest BCUT2D eigenvalue weighted by Crippen LogP contribution is -2.23. The third-order valence-electron chi connectivity index (χ3n) is 2.99.